The summed E-state index contributed by atoms with van der Waals surface area (Å²) in [6.07, 6.45) is 9.02. The molecule has 0 aromatic carbocycles. The van der Waals surface area contributed by atoms with Gasteiger partial charge in [-0.2, -0.15) is 0 Å². The summed E-state index contributed by atoms with van der Waals surface area (Å²) in [6, 6.07) is 1.36. The first-order chi connectivity index (χ1) is 8.45. The molecule has 0 amide bonds. The summed E-state index contributed by atoms with van der Waals surface area (Å²) < 4.78 is 5.95. The van der Waals surface area contributed by atoms with Crippen LogP contribution >= 0.6 is 0 Å². The molecule has 2 heteroatoms. The fourth-order valence-electron chi connectivity index (χ4n) is 3.61. The van der Waals surface area contributed by atoms with E-state index < -0.39 is 0 Å². The highest BCUT2D eigenvalue weighted by Crippen LogP contribution is 2.37. The number of ether oxygens (including phenoxy) is 1. The average molecular weight is 253 g/mol. The molecule has 18 heavy (non-hydrogen) atoms. The van der Waals surface area contributed by atoms with Crippen molar-refractivity contribution in [2.45, 2.75) is 90.3 Å². The Morgan fingerprint density at radius 1 is 1.17 bits per heavy atom. The smallest absolute Gasteiger partial charge is 0.0666 e. The summed E-state index contributed by atoms with van der Waals surface area (Å²) >= 11 is 0. The summed E-state index contributed by atoms with van der Waals surface area (Å²) in [7, 11) is 0. The maximum absolute atomic E-state index is 5.95. The van der Waals surface area contributed by atoms with Crippen LogP contribution in [0.3, 0.4) is 0 Å². The molecular formula is C16H31NO. The number of nitrogens with one attached hydrogen (secondary N) is 1. The molecule has 0 bridgehead atoms. The van der Waals surface area contributed by atoms with E-state index in [0.29, 0.717) is 17.5 Å². The molecule has 2 nitrogen and oxygen atoms in total. The van der Waals surface area contributed by atoms with Crippen LogP contribution < -0.4 is 5.32 Å². The van der Waals surface area contributed by atoms with Gasteiger partial charge >= 0.3 is 0 Å². The third kappa shape index (κ3) is 3.27. The van der Waals surface area contributed by atoms with E-state index in [1.807, 2.05) is 0 Å². The molecule has 2 rings (SSSR count). The minimum atomic E-state index is 0.106. The van der Waals surface area contributed by atoms with E-state index in [1.165, 1.54) is 38.5 Å². The molecule has 1 heterocycles. The molecule has 0 radical (unpaired) electrons. The van der Waals surface area contributed by atoms with Crippen LogP contribution in [0.25, 0.3) is 0 Å². The molecular weight excluding hydrogens is 222 g/mol. The second-order valence-corrected chi connectivity index (χ2v) is 7.30. The molecule has 3 atom stereocenters. The molecule has 1 aliphatic carbocycles. The Kier molecular flexibility index (Phi) is 4.38. The molecule has 2 fully saturated rings. The van der Waals surface area contributed by atoms with Crippen molar-refractivity contribution < 1.29 is 4.74 Å². The van der Waals surface area contributed by atoms with Gasteiger partial charge in [-0.15, -0.1) is 0 Å². The van der Waals surface area contributed by atoms with Crippen molar-refractivity contribution in [1.29, 1.82) is 0 Å². The molecule has 0 aromatic rings. The first-order valence-corrected chi connectivity index (χ1v) is 7.85. The Morgan fingerprint density at radius 3 is 2.61 bits per heavy atom. The fraction of sp³-hybridized carbons (Fsp3) is 1.00. The van der Waals surface area contributed by atoms with Crippen LogP contribution in [0.4, 0.5) is 0 Å². The van der Waals surface area contributed by atoms with Gasteiger partial charge in [-0.1, -0.05) is 33.6 Å². The van der Waals surface area contributed by atoms with Gasteiger partial charge in [-0.05, 0) is 44.4 Å². The number of hydrogen-bond acceptors (Lipinski definition) is 2. The Morgan fingerprint density at radius 2 is 1.94 bits per heavy atom. The van der Waals surface area contributed by atoms with Gasteiger partial charge in [0.25, 0.3) is 0 Å². The maximum atomic E-state index is 5.95. The first kappa shape index (κ1) is 14.3. The normalized spacial score (nSPS) is 40.7. The van der Waals surface area contributed by atoms with Crippen molar-refractivity contribution in [2.75, 3.05) is 6.61 Å². The topological polar surface area (TPSA) is 21.3 Å². The van der Waals surface area contributed by atoms with E-state index in [4.69, 9.17) is 4.74 Å². The van der Waals surface area contributed by atoms with Crippen LogP contribution in [-0.4, -0.2) is 24.3 Å². The number of hydrogen-bond donors (Lipinski definition) is 1. The van der Waals surface area contributed by atoms with Crippen LogP contribution in [0.2, 0.25) is 0 Å². The maximum Gasteiger partial charge on any atom is 0.0666 e. The van der Waals surface area contributed by atoms with Crippen molar-refractivity contribution in [3.63, 3.8) is 0 Å². The predicted molar refractivity (Wildman–Crippen MR) is 76.8 cm³/mol. The lowest BCUT2D eigenvalue weighted by atomic mass is 9.72. The lowest BCUT2D eigenvalue weighted by molar-refractivity contribution is -0.0814. The molecule has 0 aromatic heterocycles. The molecule has 3 unspecified atom stereocenters. The third-order valence-electron chi connectivity index (χ3n) is 5.29. The standard InChI is InChI=1S/C16H31NO/c1-5-16(4)12-13(9-11-18-16)17-14-8-6-7-10-15(14,2)3/h13-14,17H,5-12H2,1-4H3. The molecule has 0 spiro atoms. The van der Waals surface area contributed by atoms with Gasteiger partial charge in [0.2, 0.25) is 0 Å². The van der Waals surface area contributed by atoms with Gasteiger partial charge in [-0.25, -0.2) is 0 Å². The van der Waals surface area contributed by atoms with Gasteiger partial charge in [0.15, 0.2) is 0 Å². The molecule has 1 N–H and O–H groups in total. The highest BCUT2D eigenvalue weighted by molar-refractivity contribution is 4.93. The second-order valence-electron chi connectivity index (χ2n) is 7.30. The lowest BCUT2D eigenvalue weighted by Crippen LogP contribution is -2.53. The van der Waals surface area contributed by atoms with Crippen molar-refractivity contribution in [3.05, 3.63) is 0 Å². The Balaban J connectivity index is 1.92. The third-order valence-corrected chi connectivity index (χ3v) is 5.29. The zero-order chi connectivity index (χ0) is 13.2. The minimum Gasteiger partial charge on any atom is -0.375 e. The van der Waals surface area contributed by atoms with E-state index in [2.05, 4.69) is 33.0 Å². The van der Waals surface area contributed by atoms with Crippen LogP contribution in [0.5, 0.6) is 0 Å². The Hall–Kier alpha value is -0.0800. The zero-order valence-corrected chi connectivity index (χ0v) is 12.7. The van der Waals surface area contributed by atoms with E-state index in [0.717, 1.165) is 13.0 Å². The summed E-state index contributed by atoms with van der Waals surface area (Å²) in [5, 5.41) is 3.96. The summed E-state index contributed by atoms with van der Waals surface area (Å²) in [5.41, 5.74) is 0.577. The summed E-state index contributed by atoms with van der Waals surface area (Å²) in [4.78, 5) is 0. The molecule has 1 saturated carbocycles. The van der Waals surface area contributed by atoms with E-state index in [1.54, 1.807) is 0 Å². The number of rotatable bonds is 3. The van der Waals surface area contributed by atoms with Crippen LogP contribution in [-0.2, 0) is 4.74 Å². The highest BCUT2D eigenvalue weighted by Gasteiger charge is 2.37. The minimum absolute atomic E-state index is 0.106. The quantitative estimate of drug-likeness (QED) is 0.824. The second kappa shape index (κ2) is 5.50. The van der Waals surface area contributed by atoms with Crippen LogP contribution in [0.15, 0.2) is 0 Å². The van der Waals surface area contributed by atoms with Crippen LogP contribution in [0, 0.1) is 5.41 Å². The predicted octanol–water partition coefficient (Wildman–Crippen LogP) is 3.89. The first-order valence-electron chi connectivity index (χ1n) is 7.85. The van der Waals surface area contributed by atoms with Crippen molar-refractivity contribution in [1.82, 2.24) is 5.32 Å². The lowest BCUT2D eigenvalue weighted by Gasteiger charge is -2.45. The zero-order valence-electron chi connectivity index (χ0n) is 12.7. The van der Waals surface area contributed by atoms with Crippen molar-refractivity contribution in [3.8, 4) is 0 Å². The van der Waals surface area contributed by atoms with Gasteiger partial charge in [-0.3, -0.25) is 0 Å². The average Bonchev–Trinajstić information content (AvgIpc) is 2.32. The summed E-state index contributed by atoms with van der Waals surface area (Å²) in [6.45, 7) is 10.3. The largest absolute Gasteiger partial charge is 0.375 e. The summed E-state index contributed by atoms with van der Waals surface area (Å²) in [5.74, 6) is 0. The van der Waals surface area contributed by atoms with Crippen LogP contribution in [0.1, 0.15) is 72.6 Å². The SMILES string of the molecule is CCC1(C)CC(NC2CCCCC2(C)C)CCO1. The molecule has 2 aliphatic rings. The van der Waals surface area contributed by atoms with E-state index in [9.17, 15) is 0 Å². The van der Waals surface area contributed by atoms with E-state index >= 15 is 0 Å². The fourth-order valence-corrected chi connectivity index (χ4v) is 3.61. The highest BCUT2D eigenvalue weighted by atomic mass is 16.5. The van der Waals surface area contributed by atoms with Crippen molar-refractivity contribution >= 4 is 0 Å². The molecule has 1 aliphatic heterocycles. The van der Waals surface area contributed by atoms with Gasteiger partial charge in [0, 0.05) is 18.7 Å². The van der Waals surface area contributed by atoms with Gasteiger partial charge in [0.1, 0.15) is 0 Å². The van der Waals surface area contributed by atoms with Gasteiger partial charge in [0.05, 0.1) is 5.60 Å². The molecule has 106 valence electrons. The van der Waals surface area contributed by atoms with E-state index in [-0.39, 0.29) is 5.60 Å². The van der Waals surface area contributed by atoms with Gasteiger partial charge < -0.3 is 10.1 Å². The van der Waals surface area contributed by atoms with Crippen molar-refractivity contribution in [2.24, 2.45) is 5.41 Å². The molecule has 1 saturated heterocycles. The Labute approximate surface area is 113 Å². The monoisotopic (exact) mass is 253 g/mol. The Bertz CT molecular complexity index is 276.